The molecular weight excluding hydrogens is 574 g/mol. The number of carbonyl (C=O) groups excluding carboxylic acids is 3. The Balaban J connectivity index is 1.50. The predicted molar refractivity (Wildman–Crippen MR) is 171 cm³/mol. The lowest BCUT2D eigenvalue weighted by atomic mass is 9.74. The summed E-state index contributed by atoms with van der Waals surface area (Å²) in [5, 5.41) is 2.81. The minimum atomic E-state index is -0.665. The molecule has 250 valence electrons. The third kappa shape index (κ3) is 6.71. The van der Waals surface area contributed by atoms with Crippen molar-refractivity contribution >= 4 is 17.7 Å². The molecule has 0 aromatic heterocycles. The van der Waals surface area contributed by atoms with E-state index in [1.807, 2.05) is 27.8 Å². The lowest BCUT2D eigenvalue weighted by Gasteiger charge is -2.44. The molecule has 5 atom stereocenters. The quantitative estimate of drug-likeness (QED) is 0.415. The largest absolute Gasteiger partial charge is 0.354 e. The zero-order valence-electron chi connectivity index (χ0n) is 28.5. The molecule has 2 aliphatic heterocycles. The van der Waals surface area contributed by atoms with Crippen LogP contribution in [0, 0.1) is 28.4 Å². The topological polar surface area (TPSA) is 69.7 Å². The molecule has 5 rings (SSSR count). The van der Waals surface area contributed by atoms with Gasteiger partial charge in [-0.15, -0.1) is 0 Å². The van der Waals surface area contributed by atoms with E-state index < -0.39 is 34.9 Å². The van der Waals surface area contributed by atoms with E-state index in [4.69, 9.17) is 0 Å². The molecule has 1 unspecified atom stereocenters. The van der Waals surface area contributed by atoms with Crippen LogP contribution in [-0.2, 0) is 14.4 Å². The molecule has 45 heavy (non-hydrogen) atoms. The van der Waals surface area contributed by atoms with Crippen molar-refractivity contribution in [2.75, 3.05) is 33.7 Å². The van der Waals surface area contributed by atoms with Crippen molar-refractivity contribution in [1.82, 2.24) is 15.1 Å². The second-order valence-electron chi connectivity index (χ2n) is 16.4. The van der Waals surface area contributed by atoms with Gasteiger partial charge in [0.1, 0.15) is 18.2 Å². The van der Waals surface area contributed by atoms with Crippen molar-refractivity contribution in [1.29, 1.82) is 0 Å². The average Bonchev–Trinajstić information content (AvgIpc) is 3.72. The SMILES string of the molecule is CNC(=O)[C@@H]1C[C@H](N(C(=O)C(C)(C)C)C2CCC(C)(C)CC2)C[N+]1(C)C(=O)[C@@H]1CN(C2CCCC2)C[C@H]1c1ccc(F)cc1F. The fourth-order valence-corrected chi connectivity index (χ4v) is 8.93. The van der Waals surface area contributed by atoms with Crippen molar-refractivity contribution in [3.63, 3.8) is 0 Å². The highest BCUT2D eigenvalue weighted by Crippen LogP contribution is 2.44. The maximum atomic E-state index is 15.3. The first-order chi connectivity index (χ1) is 21.1. The molecule has 4 fully saturated rings. The number of rotatable bonds is 6. The number of benzene rings is 1. The minimum absolute atomic E-state index is 0.0622. The zero-order chi connectivity index (χ0) is 32.9. The van der Waals surface area contributed by atoms with Gasteiger partial charge in [-0.25, -0.2) is 13.6 Å². The van der Waals surface area contributed by atoms with Gasteiger partial charge in [-0.2, -0.15) is 0 Å². The summed E-state index contributed by atoms with van der Waals surface area (Å²) < 4.78 is 29.2. The fourth-order valence-electron chi connectivity index (χ4n) is 8.93. The van der Waals surface area contributed by atoms with Crippen LogP contribution in [-0.4, -0.2) is 89.9 Å². The highest BCUT2D eigenvalue weighted by molar-refractivity contribution is 5.86. The predicted octanol–water partition coefficient (Wildman–Crippen LogP) is 5.63. The summed E-state index contributed by atoms with van der Waals surface area (Å²) in [6, 6.07) is 3.14. The molecule has 9 heteroatoms. The van der Waals surface area contributed by atoms with Gasteiger partial charge in [-0.1, -0.05) is 53.5 Å². The van der Waals surface area contributed by atoms with Crippen LogP contribution in [0.2, 0.25) is 0 Å². The van der Waals surface area contributed by atoms with Gasteiger partial charge in [-0.05, 0) is 55.6 Å². The summed E-state index contributed by atoms with van der Waals surface area (Å²) >= 11 is 0. The Morgan fingerprint density at radius 1 is 1.00 bits per heavy atom. The summed E-state index contributed by atoms with van der Waals surface area (Å²) in [5.41, 5.74) is -0.0146. The van der Waals surface area contributed by atoms with E-state index in [0.29, 0.717) is 37.7 Å². The van der Waals surface area contributed by atoms with Gasteiger partial charge in [0.2, 0.25) is 5.91 Å². The number of nitrogens with one attached hydrogen (secondary N) is 1. The number of quaternary nitrogens is 1. The normalized spacial score (nSPS) is 31.3. The summed E-state index contributed by atoms with van der Waals surface area (Å²) in [6.45, 7) is 11.7. The van der Waals surface area contributed by atoms with Gasteiger partial charge in [0.05, 0.1) is 19.0 Å². The molecule has 1 aromatic rings. The molecule has 1 N–H and O–H groups in total. The number of nitrogens with zero attached hydrogens (tertiary/aromatic N) is 3. The van der Waals surface area contributed by atoms with Crippen molar-refractivity contribution in [2.24, 2.45) is 16.7 Å². The maximum Gasteiger partial charge on any atom is 0.319 e. The summed E-state index contributed by atoms with van der Waals surface area (Å²) in [7, 11) is 3.45. The van der Waals surface area contributed by atoms with Gasteiger partial charge in [0.15, 0.2) is 6.04 Å². The molecule has 2 saturated heterocycles. The van der Waals surface area contributed by atoms with Gasteiger partial charge >= 0.3 is 5.91 Å². The molecule has 0 radical (unpaired) electrons. The van der Waals surface area contributed by atoms with Crippen LogP contribution < -0.4 is 5.32 Å². The van der Waals surface area contributed by atoms with Gasteiger partial charge < -0.3 is 10.2 Å². The van der Waals surface area contributed by atoms with Crippen molar-refractivity contribution in [3.05, 3.63) is 35.4 Å². The second kappa shape index (κ2) is 12.7. The molecule has 0 bridgehead atoms. The Bertz CT molecular complexity index is 1280. The lowest BCUT2D eigenvalue weighted by Crippen LogP contribution is -2.61. The third-order valence-corrected chi connectivity index (χ3v) is 11.7. The third-order valence-electron chi connectivity index (χ3n) is 11.7. The number of carbonyl (C=O) groups is 3. The fraction of sp³-hybridized carbons (Fsp3) is 0.750. The maximum absolute atomic E-state index is 15.3. The van der Waals surface area contributed by atoms with Crippen LogP contribution in [0.25, 0.3) is 0 Å². The van der Waals surface area contributed by atoms with E-state index in [9.17, 15) is 18.8 Å². The Morgan fingerprint density at radius 2 is 1.64 bits per heavy atom. The van der Waals surface area contributed by atoms with Crippen LogP contribution >= 0.6 is 0 Å². The average molecular weight is 630 g/mol. The zero-order valence-corrected chi connectivity index (χ0v) is 28.5. The Morgan fingerprint density at radius 3 is 2.22 bits per heavy atom. The van der Waals surface area contributed by atoms with Crippen LogP contribution in [0.1, 0.15) is 104 Å². The van der Waals surface area contributed by atoms with E-state index in [1.54, 1.807) is 7.05 Å². The van der Waals surface area contributed by atoms with E-state index >= 15 is 4.39 Å². The van der Waals surface area contributed by atoms with E-state index in [-0.39, 0.29) is 39.7 Å². The Labute approximate surface area is 268 Å². The van der Waals surface area contributed by atoms with Gasteiger partial charge in [-0.3, -0.25) is 19.0 Å². The monoisotopic (exact) mass is 629 g/mol. The molecule has 1 aromatic carbocycles. The second-order valence-corrected chi connectivity index (χ2v) is 16.4. The highest BCUT2D eigenvalue weighted by Gasteiger charge is 2.59. The molecule has 2 saturated carbocycles. The summed E-state index contributed by atoms with van der Waals surface area (Å²) in [5.74, 6) is -2.49. The summed E-state index contributed by atoms with van der Waals surface area (Å²) in [6.07, 6.45) is 8.63. The number of amides is 3. The standard InChI is InChI=1S/C36H54F2N4O3/c1-35(2,3)34(45)41(25-14-16-36(4,5)17-15-25)26-19-31(32(43)39-6)42(7,22-26)33(44)29-21-40(24-10-8-9-11-24)20-28(29)27-13-12-23(37)18-30(27)38/h12-13,18,24-26,28-29,31H,8-11,14-17,19-22H2,1-7H3/p+1/t26-,28-,29+,31-,42?/m0/s1. The number of halogens is 2. The molecule has 3 amide bonds. The van der Waals surface area contributed by atoms with Crippen LogP contribution in [0.4, 0.5) is 8.78 Å². The first-order valence-electron chi connectivity index (χ1n) is 17.2. The highest BCUT2D eigenvalue weighted by atomic mass is 19.1. The smallest absolute Gasteiger partial charge is 0.319 e. The van der Waals surface area contributed by atoms with Crippen molar-refractivity contribution < 1.29 is 27.6 Å². The minimum Gasteiger partial charge on any atom is -0.354 e. The number of hydrogen-bond donors (Lipinski definition) is 1. The first-order valence-corrected chi connectivity index (χ1v) is 17.2. The van der Waals surface area contributed by atoms with E-state index in [2.05, 4.69) is 29.0 Å². The molecule has 0 spiro atoms. The number of likely N-dealkylation sites (N-methyl/N-ethyl adjacent to an activating group) is 2. The number of hydrogen-bond acceptors (Lipinski definition) is 4. The van der Waals surface area contributed by atoms with Crippen LogP contribution in [0.5, 0.6) is 0 Å². The molecular formula is C36H55F2N4O3+. The molecule has 7 nitrogen and oxygen atoms in total. The van der Waals surface area contributed by atoms with Crippen LogP contribution in [0.3, 0.4) is 0 Å². The van der Waals surface area contributed by atoms with Crippen molar-refractivity contribution in [3.8, 4) is 0 Å². The Kier molecular flexibility index (Phi) is 9.56. The molecule has 2 heterocycles. The van der Waals surface area contributed by atoms with Crippen LogP contribution in [0.15, 0.2) is 18.2 Å². The lowest BCUT2D eigenvalue weighted by molar-refractivity contribution is -0.840. The van der Waals surface area contributed by atoms with Crippen molar-refractivity contribution in [2.45, 2.75) is 122 Å². The first kappa shape index (κ1) is 34.0. The molecule has 4 aliphatic rings. The van der Waals surface area contributed by atoms with Gasteiger partial charge in [0, 0.05) is 56.0 Å². The van der Waals surface area contributed by atoms with E-state index in [0.717, 1.165) is 57.4 Å². The molecule has 2 aliphatic carbocycles. The Hall–Kier alpha value is -2.39. The van der Waals surface area contributed by atoms with E-state index in [1.165, 1.54) is 12.1 Å². The number of likely N-dealkylation sites (tertiary alicyclic amines) is 2. The van der Waals surface area contributed by atoms with Gasteiger partial charge in [0.25, 0.3) is 5.91 Å². The summed E-state index contributed by atoms with van der Waals surface area (Å²) in [4.78, 5) is 47.1.